The molecule has 34 heavy (non-hydrogen) atoms. The van der Waals surface area contributed by atoms with E-state index in [9.17, 15) is 4.79 Å². The van der Waals surface area contributed by atoms with Crippen molar-refractivity contribution in [2.75, 3.05) is 20.5 Å². The van der Waals surface area contributed by atoms with E-state index in [4.69, 9.17) is 35.3 Å². The standard InChI is InChI=1S/C22H23ClN4O6S/c1-12(28)18-20(31-11-29-2)17(27-9-14(25-26-27)21-24-8-16(23)34-21)19-15(32-18)10-30-22(33-19)13-6-4-3-5-7-13/h3-9,15,17-20,22H,10-11H2,1-2H3/t15?,17-,18-,19-,20?,22?/m0/s1. The molecule has 0 aliphatic carbocycles. The van der Waals surface area contributed by atoms with Crippen molar-refractivity contribution in [3.8, 4) is 10.7 Å². The van der Waals surface area contributed by atoms with Gasteiger partial charge in [0.25, 0.3) is 0 Å². The number of carbonyl (C=O) groups is 1. The lowest BCUT2D eigenvalue weighted by Crippen LogP contribution is -2.61. The first-order valence-corrected chi connectivity index (χ1v) is 11.9. The van der Waals surface area contributed by atoms with Crippen molar-refractivity contribution in [2.45, 2.75) is 43.7 Å². The van der Waals surface area contributed by atoms with Crippen molar-refractivity contribution < 1.29 is 28.5 Å². The van der Waals surface area contributed by atoms with E-state index in [1.54, 1.807) is 17.1 Å². The van der Waals surface area contributed by atoms with Crippen molar-refractivity contribution in [3.63, 3.8) is 0 Å². The molecule has 4 heterocycles. The van der Waals surface area contributed by atoms with E-state index in [1.165, 1.54) is 25.4 Å². The van der Waals surface area contributed by atoms with Gasteiger partial charge in [-0.2, -0.15) is 0 Å². The molecule has 1 aromatic carbocycles. The largest absolute Gasteiger partial charge is 0.359 e. The molecule has 3 unspecified atom stereocenters. The van der Waals surface area contributed by atoms with Crippen molar-refractivity contribution >= 4 is 28.7 Å². The van der Waals surface area contributed by atoms with E-state index in [-0.39, 0.29) is 19.2 Å². The van der Waals surface area contributed by atoms with Crippen LogP contribution in [-0.4, -0.2) is 70.7 Å². The van der Waals surface area contributed by atoms with Gasteiger partial charge in [-0.25, -0.2) is 9.67 Å². The molecule has 5 rings (SSSR count). The summed E-state index contributed by atoms with van der Waals surface area (Å²) in [5.41, 5.74) is 1.43. The number of thiazole rings is 1. The average Bonchev–Trinajstić information content (AvgIpc) is 3.51. The first-order chi connectivity index (χ1) is 16.5. The average molecular weight is 507 g/mol. The second-order valence-corrected chi connectivity index (χ2v) is 9.63. The van der Waals surface area contributed by atoms with Crippen LogP contribution in [0.25, 0.3) is 10.7 Å². The highest BCUT2D eigenvalue weighted by Gasteiger charge is 2.53. The van der Waals surface area contributed by atoms with Gasteiger partial charge >= 0.3 is 0 Å². The normalized spacial score (nSPS) is 29.0. The van der Waals surface area contributed by atoms with Crippen LogP contribution in [0.15, 0.2) is 42.7 Å². The number of hydrogen-bond donors (Lipinski definition) is 0. The lowest BCUT2D eigenvalue weighted by Gasteiger charge is -2.48. The molecule has 0 amide bonds. The molecule has 0 bridgehead atoms. The zero-order valence-corrected chi connectivity index (χ0v) is 20.0. The topological polar surface area (TPSA) is 107 Å². The second-order valence-electron chi connectivity index (χ2n) is 7.96. The van der Waals surface area contributed by atoms with Crippen LogP contribution < -0.4 is 0 Å². The lowest BCUT2D eigenvalue weighted by atomic mass is 9.90. The maximum atomic E-state index is 12.5. The third-order valence-corrected chi connectivity index (χ3v) is 6.85. The molecule has 3 aromatic rings. The Balaban J connectivity index is 1.52. The molecular formula is C22H23ClN4O6S. The molecule has 2 aliphatic rings. The maximum Gasteiger partial charge on any atom is 0.184 e. The van der Waals surface area contributed by atoms with Crippen LogP contribution in [-0.2, 0) is 28.5 Å². The minimum absolute atomic E-state index is 0.0338. The van der Waals surface area contributed by atoms with Crippen molar-refractivity contribution in [3.05, 3.63) is 52.6 Å². The Morgan fingerprint density at radius 1 is 1.29 bits per heavy atom. The lowest BCUT2D eigenvalue weighted by molar-refractivity contribution is -0.319. The first-order valence-electron chi connectivity index (χ1n) is 10.7. The molecule has 2 aliphatic heterocycles. The SMILES string of the molecule is COCOC1[C@@H](n2cc(-c3ncc(Cl)s3)nn2)[C@H]2OC(c3ccccc3)OCC2O[C@H]1C(C)=O. The van der Waals surface area contributed by atoms with Gasteiger partial charge in [-0.3, -0.25) is 4.79 Å². The molecule has 2 aromatic heterocycles. The third kappa shape index (κ3) is 4.65. The van der Waals surface area contributed by atoms with E-state index in [2.05, 4.69) is 15.3 Å². The van der Waals surface area contributed by atoms with Gasteiger partial charge in [-0.05, 0) is 6.92 Å². The fourth-order valence-corrected chi connectivity index (χ4v) is 5.10. The summed E-state index contributed by atoms with van der Waals surface area (Å²) in [5.74, 6) is -0.179. The molecular weight excluding hydrogens is 484 g/mol. The van der Waals surface area contributed by atoms with Crippen LogP contribution in [0.5, 0.6) is 0 Å². The van der Waals surface area contributed by atoms with Gasteiger partial charge in [0, 0.05) is 12.7 Å². The summed E-state index contributed by atoms with van der Waals surface area (Å²) in [5, 5.41) is 9.26. The Morgan fingerprint density at radius 3 is 2.82 bits per heavy atom. The van der Waals surface area contributed by atoms with E-state index in [0.29, 0.717) is 15.0 Å². The number of halogens is 1. The van der Waals surface area contributed by atoms with Gasteiger partial charge in [0.05, 0.1) is 19.0 Å². The third-order valence-electron chi connectivity index (χ3n) is 5.72. The number of carbonyl (C=O) groups excluding carboxylic acids is 1. The highest BCUT2D eigenvalue weighted by atomic mass is 35.5. The summed E-state index contributed by atoms with van der Waals surface area (Å²) in [6.07, 6.45) is 0.0681. The second kappa shape index (κ2) is 10.2. The van der Waals surface area contributed by atoms with Gasteiger partial charge in [-0.15, -0.1) is 16.4 Å². The van der Waals surface area contributed by atoms with E-state index < -0.39 is 36.7 Å². The Hall–Kier alpha value is -2.25. The van der Waals surface area contributed by atoms with Crippen LogP contribution in [0.3, 0.4) is 0 Å². The quantitative estimate of drug-likeness (QED) is 0.447. The van der Waals surface area contributed by atoms with Gasteiger partial charge in [0.1, 0.15) is 52.3 Å². The number of rotatable bonds is 7. The number of nitrogens with zero attached hydrogens (tertiary/aromatic N) is 4. The van der Waals surface area contributed by atoms with Crippen molar-refractivity contribution in [1.82, 2.24) is 20.0 Å². The van der Waals surface area contributed by atoms with Crippen molar-refractivity contribution in [2.24, 2.45) is 0 Å². The summed E-state index contributed by atoms with van der Waals surface area (Å²) in [6.45, 7) is 1.67. The molecule has 2 saturated heterocycles. The minimum Gasteiger partial charge on any atom is -0.359 e. The smallest absolute Gasteiger partial charge is 0.184 e. The Labute approximate surface area is 204 Å². The van der Waals surface area contributed by atoms with Crippen LogP contribution >= 0.6 is 22.9 Å². The Morgan fingerprint density at radius 2 is 2.12 bits per heavy atom. The number of methoxy groups -OCH3 is 1. The summed E-state index contributed by atoms with van der Waals surface area (Å²) >= 11 is 7.34. The molecule has 0 radical (unpaired) electrons. The Bertz CT molecular complexity index is 1130. The molecule has 0 saturated carbocycles. The number of hydrogen-bond acceptors (Lipinski definition) is 10. The monoisotopic (exact) mass is 506 g/mol. The number of ether oxygens (including phenoxy) is 5. The minimum atomic E-state index is -0.858. The predicted octanol–water partition coefficient (Wildman–Crippen LogP) is 3.06. The van der Waals surface area contributed by atoms with Crippen LogP contribution in [0.4, 0.5) is 0 Å². The van der Waals surface area contributed by atoms with E-state index >= 15 is 0 Å². The molecule has 180 valence electrons. The zero-order valence-electron chi connectivity index (χ0n) is 18.4. The summed E-state index contributed by atoms with van der Waals surface area (Å²) in [6, 6.07) is 9.08. The van der Waals surface area contributed by atoms with Gasteiger partial charge in [-0.1, -0.05) is 47.1 Å². The zero-order chi connectivity index (χ0) is 23.7. The summed E-state index contributed by atoms with van der Waals surface area (Å²) in [4.78, 5) is 16.8. The predicted molar refractivity (Wildman–Crippen MR) is 121 cm³/mol. The number of ketones is 1. The number of benzene rings is 1. The van der Waals surface area contributed by atoms with Gasteiger partial charge in [0.15, 0.2) is 12.1 Å². The molecule has 0 N–H and O–H groups in total. The fraction of sp³-hybridized carbons (Fsp3) is 0.455. The van der Waals surface area contributed by atoms with Gasteiger partial charge in [0.2, 0.25) is 0 Å². The van der Waals surface area contributed by atoms with Crippen LogP contribution in [0.2, 0.25) is 4.34 Å². The molecule has 6 atom stereocenters. The molecule has 10 nitrogen and oxygen atoms in total. The molecule has 12 heteroatoms. The number of Topliss-reactive ketones (excluding diaryl/α,β-unsaturated/α-hetero) is 1. The Kier molecular flexibility index (Phi) is 7.02. The number of aromatic nitrogens is 4. The molecule has 0 spiro atoms. The van der Waals surface area contributed by atoms with E-state index in [1.807, 2.05) is 30.3 Å². The molecule has 2 fully saturated rings. The van der Waals surface area contributed by atoms with Gasteiger partial charge < -0.3 is 23.7 Å². The fourth-order valence-electron chi connectivity index (χ4n) is 4.23. The van der Waals surface area contributed by atoms with E-state index in [0.717, 1.165) is 5.56 Å². The highest BCUT2D eigenvalue weighted by molar-refractivity contribution is 7.18. The van der Waals surface area contributed by atoms with Crippen molar-refractivity contribution in [1.29, 1.82) is 0 Å². The number of fused-ring (bicyclic) bond motifs is 1. The van der Waals surface area contributed by atoms with Crippen LogP contribution in [0, 0.1) is 0 Å². The highest BCUT2D eigenvalue weighted by Crippen LogP contribution is 2.41. The van der Waals surface area contributed by atoms with Crippen LogP contribution in [0.1, 0.15) is 24.8 Å². The summed E-state index contributed by atoms with van der Waals surface area (Å²) < 4.78 is 31.8. The first kappa shape index (κ1) is 23.5. The summed E-state index contributed by atoms with van der Waals surface area (Å²) in [7, 11) is 1.51. The maximum absolute atomic E-state index is 12.5.